The number of benzene rings is 3. The fraction of sp³-hybridized carbons (Fsp3) is 0.156. The number of ether oxygens (including phenoxy) is 1. The highest BCUT2D eigenvalue weighted by atomic mass is 19.1. The lowest BCUT2D eigenvalue weighted by Gasteiger charge is -2.29. The zero-order chi connectivity index (χ0) is 30.6. The van der Waals surface area contributed by atoms with Crippen LogP contribution in [0.5, 0.6) is 0 Å². The lowest BCUT2D eigenvalue weighted by atomic mass is 10.0. The molecule has 1 fully saturated rings. The summed E-state index contributed by atoms with van der Waals surface area (Å²) in [4.78, 5) is 39.1. The van der Waals surface area contributed by atoms with Crippen LogP contribution in [-0.4, -0.2) is 53.2 Å². The van der Waals surface area contributed by atoms with E-state index in [0.717, 1.165) is 5.39 Å². The second-order valence-corrected chi connectivity index (χ2v) is 10.1. The highest BCUT2D eigenvalue weighted by molar-refractivity contribution is 6.00. The molecule has 3 aromatic carbocycles. The van der Waals surface area contributed by atoms with Crippen LogP contribution in [0.3, 0.4) is 0 Å². The van der Waals surface area contributed by atoms with Crippen LogP contribution in [0.25, 0.3) is 33.4 Å². The third-order valence-electron chi connectivity index (χ3n) is 7.00. The van der Waals surface area contributed by atoms with Crippen LogP contribution in [0.15, 0.2) is 79.0 Å². The highest BCUT2D eigenvalue weighted by Gasteiger charge is 2.20. The van der Waals surface area contributed by atoms with Crippen molar-refractivity contribution in [3.63, 3.8) is 0 Å². The zero-order valence-corrected chi connectivity index (χ0v) is 23.6. The predicted octanol–water partition coefficient (Wildman–Crippen LogP) is 6.08. The number of anilines is 4. The third kappa shape index (κ3) is 6.30. The van der Waals surface area contributed by atoms with E-state index in [1.54, 1.807) is 54.6 Å². The summed E-state index contributed by atoms with van der Waals surface area (Å²) in [6, 6.07) is 18.9. The summed E-state index contributed by atoms with van der Waals surface area (Å²) >= 11 is 0. The summed E-state index contributed by atoms with van der Waals surface area (Å²) < 4.78 is 35.3. The molecule has 12 heteroatoms. The van der Waals surface area contributed by atoms with Crippen LogP contribution in [0.4, 0.5) is 36.5 Å². The molecule has 0 atom stereocenters. The first-order valence-corrected chi connectivity index (χ1v) is 13.8. The fourth-order valence-corrected chi connectivity index (χ4v) is 4.91. The van der Waals surface area contributed by atoms with E-state index in [-0.39, 0.29) is 17.4 Å². The van der Waals surface area contributed by atoms with Gasteiger partial charge in [-0.3, -0.25) is 4.79 Å². The first-order chi connectivity index (χ1) is 21.3. The number of fused-ring (bicyclic) bond motifs is 1. The molecule has 0 aliphatic carbocycles. The van der Waals surface area contributed by atoms with Gasteiger partial charge in [0.25, 0.3) is 0 Å². The van der Waals surface area contributed by atoms with Crippen molar-refractivity contribution >= 4 is 45.7 Å². The number of pyridine rings is 1. The Morgan fingerprint density at radius 1 is 0.841 bits per heavy atom. The number of hydrogen-bond acceptors (Lipinski definition) is 7. The Hall–Kier alpha value is -5.49. The van der Waals surface area contributed by atoms with Crippen molar-refractivity contribution in [3.8, 4) is 22.5 Å². The molecule has 2 aromatic heterocycles. The van der Waals surface area contributed by atoms with E-state index in [2.05, 4.69) is 25.8 Å². The van der Waals surface area contributed by atoms with Gasteiger partial charge in [-0.1, -0.05) is 6.07 Å². The Morgan fingerprint density at radius 2 is 1.57 bits per heavy atom. The molecular formula is C32H27F2N7O3. The topological polar surface area (TPSA) is 121 Å². The molecule has 0 unspecified atom stereocenters. The quantitative estimate of drug-likeness (QED) is 0.204. The number of nitrogens with one attached hydrogen (secondary N) is 3. The average molecular weight is 596 g/mol. The van der Waals surface area contributed by atoms with E-state index in [1.165, 1.54) is 25.3 Å². The summed E-state index contributed by atoms with van der Waals surface area (Å²) in [6.45, 7) is 3.71. The van der Waals surface area contributed by atoms with Crippen molar-refractivity contribution in [1.29, 1.82) is 0 Å². The van der Waals surface area contributed by atoms with Crippen LogP contribution < -0.4 is 20.9 Å². The molecule has 0 saturated carbocycles. The van der Waals surface area contributed by atoms with Gasteiger partial charge >= 0.3 is 6.03 Å². The summed E-state index contributed by atoms with van der Waals surface area (Å²) in [5.41, 5.74) is 2.90. The van der Waals surface area contributed by atoms with Crippen molar-refractivity contribution in [2.75, 3.05) is 47.2 Å². The van der Waals surface area contributed by atoms with Crippen molar-refractivity contribution in [1.82, 2.24) is 15.0 Å². The Balaban J connectivity index is 1.28. The van der Waals surface area contributed by atoms with Crippen molar-refractivity contribution in [2.24, 2.45) is 0 Å². The maximum Gasteiger partial charge on any atom is 0.323 e. The Bertz CT molecular complexity index is 1860. The number of carbonyl (C=O) groups excluding carboxylic acids is 2. The van der Waals surface area contributed by atoms with Crippen LogP contribution in [0.1, 0.15) is 6.92 Å². The molecule has 10 nitrogen and oxygen atoms in total. The van der Waals surface area contributed by atoms with Gasteiger partial charge in [0.1, 0.15) is 11.6 Å². The van der Waals surface area contributed by atoms with E-state index in [0.29, 0.717) is 65.7 Å². The van der Waals surface area contributed by atoms with E-state index < -0.39 is 17.8 Å². The molecule has 0 bridgehead atoms. The van der Waals surface area contributed by atoms with E-state index in [4.69, 9.17) is 14.7 Å². The number of carbonyl (C=O) groups is 2. The van der Waals surface area contributed by atoms with E-state index in [9.17, 15) is 14.0 Å². The molecule has 3 amide bonds. The smallest absolute Gasteiger partial charge is 0.323 e. The maximum atomic E-state index is 15.3. The van der Waals surface area contributed by atoms with Gasteiger partial charge < -0.3 is 25.6 Å². The Kier molecular flexibility index (Phi) is 8.06. The Labute approximate surface area is 251 Å². The molecule has 1 aliphatic rings. The SMILES string of the molecule is CC(=O)Nc1ccc(NC(=O)Nc2ccc(-c3nc(N4CCOCC4)c4ccc(-c5cccnc5F)cc4n3)cc2F)cc1. The highest BCUT2D eigenvalue weighted by Crippen LogP contribution is 2.33. The van der Waals surface area contributed by atoms with Gasteiger partial charge in [0, 0.05) is 54.1 Å². The predicted molar refractivity (Wildman–Crippen MR) is 165 cm³/mol. The number of morpholine rings is 1. The lowest BCUT2D eigenvalue weighted by molar-refractivity contribution is -0.114. The second-order valence-electron chi connectivity index (χ2n) is 10.1. The van der Waals surface area contributed by atoms with Crippen LogP contribution in [0, 0.1) is 11.8 Å². The Morgan fingerprint density at radius 3 is 2.27 bits per heavy atom. The summed E-state index contributed by atoms with van der Waals surface area (Å²) in [5, 5.41) is 8.55. The molecule has 0 spiro atoms. The number of hydrogen-bond donors (Lipinski definition) is 3. The monoisotopic (exact) mass is 595 g/mol. The molecule has 6 rings (SSSR count). The van der Waals surface area contributed by atoms with Gasteiger partial charge in [-0.2, -0.15) is 4.39 Å². The summed E-state index contributed by atoms with van der Waals surface area (Å²) in [6.07, 6.45) is 1.39. The zero-order valence-electron chi connectivity index (χ0n) is 23.6. The molecule has 5 aromatic rings. The fourth-order valence-electron chi connectivity index (χ4n) is 4.91. The average Bonchev–Trinajstić information content (AvgIpc) is 3.02. The van der Waals surface area contributed by atoms with Crippen LogP contribution in [-0.2, 0) is 9.53 Å². The van der Waals surface area contributed by atoms with Crippen molar-refractivity contribution in [2.45, 2.75) is 6.92 Å². The largest absolute Gasteiger partial charge is 0.378 e. The maximum absolute atomic E-state index is 15.3. The molecule has 3 N–H and O–H groups in total. The minimum Gasteiger partial charge on any atom is -0.378 e. The first-order valence-electron chi connectivity index (χ1n) is 13.8. The summed E-state index contributed by atoms with van der Waals surface area (Å²) in [7, 11) is 0. The second kappa shape index (κ2) is 12.4. The minimum atomic E-state index is -0.679. The molecule has 222 valence electrons. The molecule has 0 radical (unpaired) electrons. The lowest BCUT2D eigenvalue weighted by Crippen LogP contribution is -2.37. The normalized spacial score (nSPS) is 13.0. The number of aromatic nitrogens is 3. The van der Waals surface area contributed by atoms with E-state index in [1.807, 2.05) is 6.07 Å². The minimum absolute atomic E-state index is 0.0374. The first kappa shape index (κ1) is 28.6. The third-order valence-corrected chi connectivity index (χ3v) is 7.00. The number of halogens is 2. The van der Waals surface area contributed by atoms with Gasteiger partial charge in [-0.25, -0.2) is 24.1 Å². The van der Waals surface area contributed by atoms with Crippen LogP contribution >= 0.6 is 0 Å². The number of rotatable bonds is 6. The van der Waals surface area contributed by atoms with Gasteiger partial charge in [-0.15, -0.1) is 0 Å². The van der Waals surface area contributed by atoms with Crippen molar-refractivity contribution < 1.29 is 23.1 Å². The van der Waals surface area contributed by atoms with Gasteiger partial charge in [0.2, 0.25) is 11.9 Å². The standard InChI is InChI=1S/C32H27F2N7O3/c1-19(42)36-22-6-8-23(9-7-22)37-32(43)39-27-11-5-21(17-26(27)33)30-38-28-18-20(24-3-2-12-35-29(24)34)4-10-25(28)31(40-30)41-13-15-44-16-14-41/h2-12,17-18H,13-16H2,1H3,(H,36,42)(H2,37,39,43). The van der Waals surface area contributed by atoms with Gasteiger partial charge in [0.05, 0.1) is 24.4 Å². The molecular weight excluding hydrogens is 568 g/mol. The van der Waals surface area contributed by atoms with Gasteiger partial charge in [0.15, 0.2) is 5.82 Å². The summed E-state index contributed by atoms with van der Waals surface area (Å²) in [5.74, 6) is -0.541. The molecule has 1 saturated heterocycles. The van der Waals surface area contributed by atoms with Crippen molar-refractivity contribution in [3.05, 3.63) is 90.8 Å². The molecule has 44 heavy (non-hydrogen) atoms. The molecule has 3 heterocycles. The van der Waals surface area contributed by atoms with Crippen LogP contribution in [0.2, 0.25) is 0 Å². The van der Waals surface area contributed by atoms with E-state index >= 15 is 4.39 Å². The number of nitrogens with zero attached hydrogens (tertiary/aromatic N) is 4. The molecule has 1 aliphatic heterocycles. The number of urea groups is 1. The van der Waals surface area contributed by atoms with Gasteiger partial charge in [-0.05, 0) is 72.3 Å². The number of amides is 3.